The van der Waals surface area contributed by atoms with E-state index in [0.717, 1.165) is 23.5 Å². The molecule has 0 saturated carbocycles. The Morgan fingerprint density at radius 1 is 1.32 bits per heavy atom. The minimum Gasteiger partial charge on any atom is -0.497 e. The molecule has 0 aromatic heterocycles. The molecular weight excluding hydrogens is 238 g/mol. The van der Waals surface area contributed by atoms with Crippen LogP contribution in [0.4, 0.5) is 5.69 Å². The lowest BCUT2D eigenvalue weighted by atomic mass is 10.1. The van der Waals surface area contributed by atoms with Crippen molar-refractivity contribution in [3.05, 3.63) is 23.8 Å². The van der Waals surface area contributed by atoms with Gasteiger partial charge < -0.3 is 15.4 Å². The van der Waals surface area contributed by atoms with E-state index in [0.29, 0.717) is 12.0 Å². The monoisotopic (exact) mass is 263 g/mol. The molecule has 4 nitrogen and oxygen atoms in total. The molecule has 0 heterocycles. The Labute approximate surface area is 116 Å². The van der Waals surface area contributed by atoms with Gasteiger partial charge in [0.1, 0.15) is 11.6 Å². The van der Waals surface area contributed by atoms with Crippen molar-refractivity contribution in [2.24, 2.45) is 11.7 Å². The molecule has 0 aliphatic rings. The maximum absolute atomic E-state index is 7.73. The Morgan fingerprint density at radius 2 is 1.95 bits per heavy atom. The third kappa shape index (κ3) is 3.88. The second-order valence-electron chi connectivity index (χ2n) is 5.44. The average molecular weight is 263 g/mol. The van der Waals surface area contributed by atoms with Gasteiger partial charge in [-0.15, -0.1) is 0 Å². The first-order valence-corrected chi connectivity index (χ1v) is 6.65. The van der Waals surface area contributed by atoms with E-state index in [2.05, 4.69) is 32.6 Å². The normalized spacial score (nSPS) is 10.9. The molecular formula is C15H25N3O. The number of nitrogens with one attached hydrogen (secondary N) is 1. The molecule has 1 rings (SSSR count). The van der Waals surface area contributed by atoms with Crippen LogP contribution in [0.2, 0.25) is 0 Å². The van der Waals surface area contributed by atoms with Crippen LogP contribution in [0.1, 0.15) is 33.3 Å². The van der Waals surface area contributed by atoms with Crippen LogP contribution in [-0.4, -0.2) is 25.5 Å². The molecule has 0 fully saturated rings. The maximum atomic E-state index is 7.73. The molecule has 0 aliphatic heterocycles. The van der Waals surface area contributed by atoms with Crippen molar-refractivity contribution >= 4 is 11.5 Å². The molecule has 0 unspecified atom stereocenters. The van der Waals surface area contributed by atoms with E-state index in [4.69, 9.17) is 15.9 Å². The molecule has 3 N–H and O–H groups in total. The molecule has 19 heavy (non-hydrogen) atoms. The summed E-state index contributed by atoms with van der Waals surface area (Å²) in [4.78, 5) is 2.27. The third-order valence-corrected chi connectivity index (χ3v) is 2.99. The molecule has 0 saturated heterocycles. The van der Waals surface area contributed by atoms with Gasteiger partial charge in [-0.2, -0.15) is 0 Å². The summed E-state index contributed by atoms with van der Waals surface area (Å²) in [6, 6.07) is 5.99. The number of hydrogen-bond acceptors (Lipinski definition) is 3. The van der Waals surface area contributed by atoms with Gasteiger partial charge in [0, 0.05) is 24.2 Å². The Hall–Kier alpha value is -1.71. The van der Waals surface area contributed by atoms with Gasteiger partial charge in [0.15, 0.2) is 0 Å². The lowest BCUT2D eigenvalue weighted by Gasteiger charge is -2.32. The summed E-state index contributed by atoms with van der Waals surface area (Å²) in [5, 5.41) is 7.73. The highest BCUT2D eigenvalue weighted by atomic mass is 16.5. The third-order valence-electron chi connectivity index (χ3n) is 2.99. The largest absolute Gasteiger partial charge is 0.497 e. The SMILES string of the molecule is COc1ccc(C(=N)N)c(N(CC(C)C)C(C)C)c1. The molecule has 0 radical (unpaired) electrons. The van der Waals surface area contributed by atoms with Crippen LogP contribution in [0, 0.1) is 11.3 Å². The molecule has 106 valence electrons. The summed E-state index contributed by atoms with van der Waals surface area (Å²) in [7, 11) is 1.65. The van der Waals surface area contributed by atoms with Gasteiger partial charge in [-0.05, 0) is 31.9 Å². The quantitative estimate of drug-likeness (QED) is 0.613. The number of nitrogen functional groups attached to an aromatic ring is 1. The summed E-state index contributed by atoms with van der Waals surface area (Å²) in [6.07, 6.45) is 0. The minimum absolute atomic E-state index is 0.0899. The fourth-order valence-corrected chi connectivity index (χ4v) is 2.08. The standard InChI is InChI=1S/C15H25N3O/c1-10(2)9-18(11(3)4)14-8-12(19-5)6-7-13(14)15(16)17/h6-8,10-11H,9H2,1-5H3,(H3,16,17). The number of hydrogen-bond donors (Lipinski definition) is 2. The van der Waals surface area contributed by atoms with E-state index in [1.165, 1.54) is 0 Å². The molecule has 0 atom stereocenters. The van der Waals surface area contributed by atoms with E-state index < -0.39 is 0 Å². The summed E-state index contributed by atoms with van der Waals surface area (Å²) in [6.45, 7) is 9.58. The average Bonchev–Trinajstić information content (AvgIpc) is 2.34. The fourth-order valence-electron chi connectivity index (χ4n) is 2.08. The molecule has 0 amide bonds. The molecule has 0 spiro atoms. The summed E-state index contributed by atoms with van der Waals surface area (Å²) < 4.78 is 5.29. The zero-order valence-electron chi connectivity index (χ0n) is 12.5. The van der Waals surface area contributed by atoms with Crippen molar-refractivity contribution in [2.75, 3.05) is 18.6 Å². The zero-order chi connectivity index (χ0) is 14.6. The Bertz CT molecular complexity index is 441. The highest BCUT2D eigenvalue weighted by Crippen LogP contribution is 2.28. The van der Waals surface area contributed by atoms with Crippen LogP contribution in [0.25, 0.3) is 0 Å². The van der Waals surface area contributed by atoms with Crippen LogP contribution >= 0.6 is 0 Å². The smallest absolute Gasteiger partial charge is 0.124 e. The Balaban J connectivity index is 3.28. The van der Waals surface area contributed by atoms with Gasteiger partial charge in [-0.1, -0.05) is 13.8 Å². The molecule has 1 aromatic carbocycles. The summed E-state index contributed by atoms with van der Waals surface area (Å²) in [5.41, 5.74) is 7.42. The molecule has 1 aromatic rings. The highest BCUT2D eigenvalue weighted by molar-refractivity contribution is 6.00. The topological polar surface area (TPSA) is 62.3 Å². The number of methoxy groups -OCH3 is 1. The number of anilines is 1. The van der Waals surface area contributed by atoms with Crippen molar-refractivity contribution in [2.45, 2.75) is 33.7 Å². The predicted molar refractivity (Wildman–Crippen MR) is 81.3 cm³/mol. The Morgan fingerprint density at radius 3 is 2.37 bits per heavy atom. The highest BCUT2D eigenvalue weighted by Gasteiger charge is 2.18. The molecule has 0 aliphatic carbocycles. The van der Waals surface area contributed by atoms with Crippen molar-refractivity contribution in [3.8, 4) is 5.75 Å². The van der Waals surface area contributed by atoms with E-state index in [1.807, 2.05) is 18.2 Å². The van der Waals surface area contributed by atoms with Crippen LogP contribution in [0.5, 0.6) is 5.75 Å². The van der Waals surface area contributed by atoms with Gasteiger partial charge >= 0.3 is 0 Å². The Kier molecular flexibility index (Phi) is 5.21. The van der Waals surface area contributed by atoms with E-state index in [1.54, 1.807) is 7.11 Å². The van der Waals surface area contributed by atoms with Gasteiger partial charge in [-0.3, -0.25) is 5.41 Å². The number of benzene rings is 1. The van der Waals surface area contributed by atoms with Crippen molar-refractivity contribution in [1.29, 1.82) is 5.41 Å². The van der Waals surface area contributed by atoms with Crippen LogP contribution in [0.3, 0.4) is 0 Å². The van der Waals surface area contributed by atoms with Crippen molar-refractivity contribution in [3.63, 3.8) is 0 Å². The fraction of sp³-hybridized carbons (Fsp3) is 0.533. The van der Waals surface area contributed by atoms with Crippen molar-refractivity contribution in [1.82, 2.24) is 0 Å². The minimum atomic E-state index is 0.0899. The van der Waals surface area contributed by atoms with Crippen LogP contribution in [-0.2, 0) is 0 Å². The number of rotatable bonds is 6. The number of nitrogens with zero attached hydrogens (tertiary/aromatic N) is 1. The lowest BCUT2D eigenvalue weighted by molar-refractivity contribution is 0.414. The zero-order valence-corrected chi connectivity index (χ0v) is 12.5. The first-order chi connectivity index (χ1) is 8.86. The van der Waals surface area contributed by atoms with Crippen molar-refractivity contribution < 1.29 is 4.74 Å². The number of nitrogens with two attached hydrogens (primary N) is 1. The van der Waals surface area contributed by atoms with Gasteiger partial charge in [0.2, 0.25) is 0 Å². The van der Waals surface area contributed by atoms with E-state index in [-0.39, 0.29) is 5.84 Å². The first-order valence-electron chi connectivity index (χ1n) is 6.65. The van der Waals surface area contributed by atoms with Crippen LogP contribution < -0.4 is 15.4 Å². The second kappa shape index (κ2) is 6.45. The number of amidine groups is 1. The lowest BCUT2D eigenvalue weighted by Crippen LogP contribution is -2.35. The van der Waals surface area contributed by atoms with Gasteiger partial charge in [-0.25, -0.2) is 0 Å². The summed E-state index contributed by atoms with van der Waals surface area (Å²) in [5.74, 6) is 1.41. The van der Waals surface area contributed by atoms with E-state index in [9.17, 15) is 0 Å². The molecule has 0 bridgehead atoms. The maximum Gasteiger partial charge on any atom is 0.124 e. The predicted octanol–water partition coefficient (Wildman–Crippen LogP) is 2.85. The van der Waals surface area contributed by atoms with E-state index >= 15 is 0 Å². The molecule has 4 heteroatoms. The van der Waals surface area contributed by atoms with Crippen LogP contribution in [0.15, 0.2) is 18.2 Å². The summed E-state index contributed by atoms with van der Waals surface area (Å²) >= 11 is 0. The second-order valence-corrected chi connectivity index (χ2v) is 5.44. The van der Waals surface area contributed by atoms with Gasteiger partial charge in [0.05, 0.1) is 12.8 Å². The van der Waals surface area contributed by atoms with Gasteiger partial charge in [0.25, 0.3) is 0 Å². The first kappa shape index (κ1) is 15.3. The number of ether oxygens (including phenoxy) is 1.